The first-order chi connectivity index (χ1) is 17.1. The molecule has 0 aliphatic carbocycles. The van der Waals surface area contributed by atoms with E-state index in [9.17, 15) is 9.59 Å². The third kappa shape index (κ3) is 3.62. The average molecular weight is 602 g/mol. The Hall–Kier alpha value is -3.22. The highest BCUT2D eigenvalue weighted by Gasteiger charge is 2.37. The largest absolute Gasteiger partial charge is 0.354 e. The van der Waals surface area contributed by atoms with Gasteiger partial charge in [-0.25, -0.2) is 4.90 Å². The van der Waals surface area contributed by atoms with Gasteiger partial charge in [0.1, 0.15) is 0 Å². The topological polar surface area (TPSA) is 53.2 Å². The van der Waals surface area contributed by atoms with Gasteiger partial charge < -0.3 is 4.98 Å². The van der Waals surface area contributed by atoms with Crippen LogP contribution in [0.4, 0.5) is 5.69 Å². The van der Waals surface area contributed by atoms with Crippen molar-refractivity contribution in [2.24, 2.45) is 0 Å². The van der Waals surface area contributed by atoms with Crippen molar-refractivity contribution in [1.29, 1.82) is 0 Å². The lowest BCUT2D eigenvalue weighted by molar-refractivity contribution is 0.0926. The molecular weight excluding hydrogens is 580 g/mol. The van der Waals surface area contributed by atoms with E-state index in [-0.39, 0.29) is 17.2 Å². The number of benzene rings is 4. The van der Waals surface area contributed by atoms with Crippen molar-refractivity contribution >= 4 is 71.2 Å². The van der Waals surface area contributed by atoms with E-state index in [0.29, 0.717) is 16.8 Å². The number of hydrogen-bond acceptors (Lipinski definition) is 2. The van der Waals surface area contributed by atoms with E-state index in [1.54, 1.807) is 6.07 Å². The molecule has 0 radical (unpaired) electrons. The van der Waals surface area contributed by atoms with Gasteiger partial charge in [0.15, 0.2) is 0 Å². The van der Waals surface area contributed by atoms with Gasteiger partial charge >= 0.3 is 0 Å². The fourth-order valence-corrected chi connectivity index (χ4v) is 5.74. The van der Waals surface area contributed by atoms with Gasteiger partial charge in [-0.15, -0.1) is 0 Å². The normalized spacial score (nSPS) is 13.8. The highest BCUT2D eigenvalue weighted by Crippen LogP contribution is 2.39. The Morgan fingerprint density at radius 3 is 2.11 bits per heavy atom. The van der Waals surface area contributed by atoms with Crippen molar-refractivity contribution in [3.05, 3.63) is 98.4 Å². The van der Waals surface area contributed by atoms with Crippen molar-refractivity contribution in [2.45, 2.75) is 26.2 Å². The summed E-state index contributed by atoms with van der Waals surface area (Å²) in [6.07, 6.45) is 0. The van der Waals surface area contributed by atoms with E-state index in [1.165, 1.54) is 4.90 Å². The van der Waals surface area contributed by atoms with Crippen molar-refractivity contribution in [1.82, 2.24) is 4.98 Å². The summed E-state index contributed by atoms with van der Waals surface area (Å²) in [6.45, 7) is 6.41. The predicted octanol–water partition coefficient (Wildman–Crippen LogP) is 8.61. The Bertz CT molecular complexity index is 1730. The first-order valence-corrected chi connectivity index (χ1v) is 13.2. The standard InChI is InChI=1S/C30H22Br2N2O2/c1-30(2,3)17-5-8-20(9-6-17)34-28(35)21-10-4-16(12-25(21)29(34)36)22-14-19(32)15-24-23-13-18(31)7-11-26(23)33-27(22)24/h4-15,33H,1-3H3. The second kappa shape index (κ2) is 8.15. The van der Waals surface area contributed by atoms with Gasteiger partial charge in [-0.3, -0.25) is 9.59 Å². The van der Waals surface area contributed by atoms with Gasteiger partial charge in [0, 0.05) is 30.8 Å². The summed E-state index contributed by atoms with van der Waals surface area (Å²) in [5.74, 6) is -0.591. The van der Waals surface area contributed by atoms with Crippen LogP contribution in [0, 0.1) is 0 Å². The van der Waals surface area contributed by atoms with Gasteiger partial charge in [-0.05, 0) is 71.1 Å². The van der Waals surface area contributed by atoms with Gasteiger partial charge in [0.25, 0.3) is 11.8 Å². The van der Waals surface area contributed by atoms with Crippen LogP contribution in [0.3, 0.4) is 0 Å². The number of fused-ring (bicyclic) bond motifs is 4. The molecule has 4 nitrogen and oxygen atoms in total. The Balaban J connectivity index is 1.45. The SMILES string of the molecule is CC(C)(C)c1ccc(N2C(=O)c3ccc(-c4cc(Br)cc5c4[nH]c4ccc(Br)cc45)cc3C2=O)cc1. The zero-order valence-corrected chi connectivity index (χ0v) is 23.1. The Kier molecular flexibility index (Phi) is 5.25. The summed E-state index contributed by atoms with van der Waals surface area (Å²) in [7, 11) is 0. The molecule has 0 saturated carbocycles. The molecule has 178 valence electrons. The molecule has 2 amide bonds. The maximum atomic E-state index is 13.5. The molecule has 0 saturated heterocycles. The van der Waals surface area contributed by atoms with E-state index in [0.717, 1.165) is 47.4 Å². The molecule has 0 fully saturated rings. The molecule has 0 spiro atoms. The lowest BCUT2D eigenvalue weighted by Gasteiger charge is -2.20. The van der Waals surface area contributed by atoms with Crippen LogP contribution < -0.4 is 4.90 Å². The quantitative estimate of drug-likeness (QED) is 0.206. The molecule has 1 aromatic heterocycles. The fraction of sp³-hybridized carbons (Fsp3) is 0.133. The summed E-state index contributed by atoms with van der Waals surface area (Å²) in [5.41, 5.74) is 6.42. The number of H-pyrrole nitrogens is 1. The highest BCUT2D eigenvalue weighted by molar-refractivity contribution is 9.10. The third-order valence-electron chi connectivity index (χ3n) is 6.82. The Morgan fingerprint density at radius 2 is 1.39 bits per heavy atom. The minimum absolute atomic E-state index is 0.0105. The fourth-order valence-electron chi connectivity index (χ4n) is 4.92. The number of rotatable bonds is 2. The first-order valence-electron chi connectivity index (χ1n) is 11.7. The monoisotopic (exact) mass is 600 g/mol. The molecule has 1 aliphatic rings. The van der Waals surface area contributed by atoms with E-state index in [4.69, 9.17) is 0 Å². The molecule has 0 bridgehead atoms. The van der Waals surface area contributed by atoms with Gasteiger partial charge in [-0.2, -0.15) is 0 Å². The van der Waals surface area contributed by atoms with Crippen molar-refractivity contribution in [3.8, 4) is 11.1 Å². The summed E-state index contributed by atoms with van der Waals surface area (Å²) >= 11 is 7.23. The van der Waals surface area contributed by atoms with Crippen LogP contribution >= 0.6 is 31.9 Å². The number of nitrogens with one attached hydrogen (secondary N) is 1. The molecule has 0 atom stereocenters. The number of carbonyl (C=O) groups excluding carboxylic acids is 2. The minimum Gasteiger partial charge on any atom is -0.354 e. The number of amides is 2. The molecule has 1 N–H and O–H groups in total. The van der Waals surface area contributed by atoms with Crippen LogP contribution in [0.1, 0.15) is 47.1 Å². The smallest absolute Gasteiger partial charge is 0.266 e. The highest BCUT2D eigenvalue weighted by atomic mass is 79.9. The van der Waals surface area contributed by atoms with Crippen LogP contribution in [-0.4, -0.2) is 16.8 Å². The number of aromatic amines is 1. The molecule has 6 heteroatoms. The van der Waals surface area contributed by atoms with E-state index in [2.05, 4.69) is 69.7 Å². The van der Waals surface area contributed by atoms with Gasteiger partial charge in [-0.1, -0.05) is 70.8 Å². The summed E-state index contributed by atoms with van der Waals surface area (Å²) in [4.78, 5) is 31.5. The predicted molar refractivity (Wildman–Crippen MR) is 153 cm³/mol. The molecule has 6 rings (SSSR count). The Labute approximate surface area is 225 Å². The maximum absolute atomic E-state index is 13.5. The summed E-state index contributed by atoms with van der Waals surface area (Å²) in [5, 5.41) is 2.19. The first kappa shape index (κ1) is 23.2. The molecular formula is C30H22Br2N2O2. The minimum atomic E-state index is -0.299. The van der Waals surface area contributed by atoms with Crippen LogP contribution in [-0.2, 0) is 5.41 Å². The number of hydrogen-bond donors (Lipinski definition) is 1. The molecule has 5 aromatic rings. The maximum Gasteiger partial charge on any atom is 0.266 e. The van der Waals surface area contributed by atoms with Crippen LogP contribution in [0.25, 0.3) is 32.9 Å². The lowest BCUT2D eigenvalue weighted by Crippen LogP contribution is -2.29. The summed E-state index contributed by atoms with van der Waals surface area (Å²) < 4.78 is 1.95. The second-order valence-corrected chi connectivity index (χ2v) is 12.0. The molecule has 2 heterocycles. The molecule has 1 aliphatic heterocycles. The van der Waals surface area contributed by atoms with Crippen LogP contribution in [0.15, 0.2) is 81.7 Å². The van der Waals surface area contributed by atoms with Gasteiger partial charge in [0.05, 0.1) is 22.3 Å². The number of imide groups is 1. The van der Waals surface area contributed by atoms with Crippen LogP contribution in [0.2, 0.25) is 0 Å². The average Bonchev–Trinajstić information content (AvgIpc) is 3.32. The number of anilines is 1. The number of halogens is 2. The zero-order chi connectivity index (χ0) is 25.4. The zero-order valence-electron chi connectivity index (χ0n) is 19.9. The number of nitrogens with zero attached hydrogens (tertiary/aromatic N) is 1. The summed E-state index contributed by atoms with van der Waals surface area (Å²) in [6, 6.07) is 23.5. The van der Waals surface area contributed by atoms with E-state index in [1.807, 2.05) is 54.6 Å². The molecule has 0 unspecified atom stereocenters. The van der Waals surface area contributed by atoms with Gasteiger partial charge in [0.2, 0.25) is 0 Å². The lowest BCUT2D eigenvalue weighted by atomic mass is 9.87. The third-order valence-corrected chi connectivity index (χ3v) is 7.77. The van der Waals surface area contributed by atoms with Crippen molar-refractivity contribution < 1.29 is 9.59 Å². The van der Waals surface area contributed by atoms with E-state index < -0.39 is 0 Å². The van der Waals surface area contributed by atoms with E-state index >= 15 is 0 Å². The van der Waals surface area contributed by atoms with Crippen molar-refractivity contribution in [2.75, 3.05) is 4.90 Å². The van der Waals surface area contributed by atoms with Crippen LogP contribution in [0.5, 0.6) is 0 Å². The molecule has 4 aromatic carbocycles. The number of aromatic nitrogens is 1. The van der Waals surface area contributed by atoms with Crippen molar-refractivity contribution in [3.63, 3.8) is 0 Å². The second-order valence-electron chi connectivity index (χ2n) is 10.2. The Morgan fingerprint density at radius 1 is 0.694 bits per heavy atom. The molecule has 36 heavy (non-hydrogen) atoms. The number of carbonyl (C=O) groups is 2.